The Hall–Kier alpha value is -1.00. The van der Waals surface area contributed by atoms with Gasteiger partial charge in [-0.25, -0.2) is 0 Å². The van der Waals surface area contributed by atoms with Crippen molar-refractivity contribution in [1.82, 2.24) is 14.8 Å². The number of carbonyl (C=O) groups excluding carboxylic acids is 1. The van der Waals surface area contributed by atoms with Crippen LogP contribution in [0.2, 0.25) is 0 Å². The summed E-state index contributed by atoms with van der Waals surface area (Å²) in [5.41, 5.74) is 1.20. The molecule has 1 amide bonds. The molecule has 0 saturated carbocycles. The molecule has 5 heteroatoms. The van der Waals surface area contributed by atoms with Gasteiger partial charge in [-0.15, -0.1) is 12.4 Å². The summed E-state index contributed by atoms with van der Waals surface area (Å²) in [4.78, 5) is 14.5. The fourth-order valence-electron chi connectivity index (χ4n) is 3.32. The number of hydrogen-bond donors (Lipinski definition) is 1. The lowest BCUT2D eigenvalue weighted by molar-refractivity contribution is 0.0752. The number of rotatable bonds is 1. The third kappa shape index (κ3) is 2.65. The van der Waals surface area contributed by atoms with Crippen molar-refractivity contribution < 1.29 is 4.79 Å². The quantitative estimate of drug-likeness (QED) is 0.851. The molecule has 0 aliphatic carbocycles. The molecule has 0 unspecified atom stereocenters. The summed E-state index contributed by atoms with van der Waals surface area (Å²) in [6.45, 7) is 4.07. The van der Waals surface area contributed by atoms with Crippen molar-refractivity contribution in [2.75, 3.05) is 26.2 Å². The Morgan fingerprint density at radius 3 is 2.68 bits per heavy atom. The van der Waals surface area contributed by atoms with Gasteiger partial charge >= 0.3 is 0 Å². The lowest BCUT2D eigenvalue weighted by Crippen LogP contribution is -2.40. The van der Waals surface area contributed by atoms with Crippen LogP contribution < -0.4 is 5.32 Å². The van der Waals surface area contributed by atoms with Crippen molar-refractivity contribution in [1.29, 1.82) is 0 Å². The van der Waals surface area contributed by atoms with Crippen LogP contribution in [-0.4, -0.2) is 41.6 Å². The first-order valence-electron chi connectivity index (χ1n) is 6.82. The topological polar surface area (TPSA) is 37.3 Å². The number of carbonyl (C=O) groups is 1. The first-order chi connectivity index (χ1) is 8.70. The number of amides is 1. The monoisotopic (exact) mass is 283 g/mol. The van der Waals surface area contributed by atoms with Crippen LogP contribution >= 0.6 is 12.4 Å². The maximum Gasteiger partial charge on any atom is 0.270 e. The van der Waals surface area contributed by atoms with Crippen LogP contribution in [0.15, 0.2) is 18.3 Å². The number of aromatic nitrogens is 1. The Morgan fingerprint density at radius 2 is 2.05 bits per heavy atom. The number of likely N-dealkylation sites (tertiary alicyclic amines) is 1. The van der Waals surface area contributed by atoms with Crippen molar-refractivity contribution in [3.8, 4) is 0 Å². The van der Waals surface area contributed by atoms with Crippen LogP contribution in [0, 0.1) is 5.41 Å². The van der Waals surface area contributed by atoms with Crippen molar-refractivity contribution in [3.63, 3.8) is 0 Å². The molecule has 1 aromatic rings. The van der Waals surface area contributed by atoms with Crippen LogP contribution in [0.3, 0.4) is 0 Å². The molecule has 0 radical (unpaired) electrons. The molecule has 0 bridgehead atoms. The Bertz CT molecular complexity index is 451. The SMILES string of the molecule is Cl.Cn1cccc1C(=O)N1CCC2(CCNCC2)C1. The Morgan fingerprint density at radius 1 is 1.32 bits per heavy atom. The highest BCUT2D eigenvalue weighted by atomic mass is 35.5. The van der Waals surface area contributed by atoms with Crippen LogP contribution in [0.5, 0.6) is 0 Å². The van der Waals surface area contributed by atoms with E-state index in [0.29, 0.717) is 5.41 Å². The van der Waals surface area contributed by atoms with Crippen LogP contribution in [-0.2, 0) is 7.05 Å². The maximum absolute atomic E-state index is 12.4. The molecule has 2 aliphatic rings. The average Bonchev–Trinajstić information content (AvgIpc) is 2.97. The zero-order chi connectivity index (χ0) is 12.6. The first kappa shape index (κ1) is 14.4. The third-order valence-electron chi connectivity index (χ3n) is 4.55. The second kappa shape index (κ2) is 5.55. The van der Waals surface area contributed by atoms with Crippen molar-refractivity contribution in [2.24, 2.45) is 12.5 Å². The number of halogens is 1. The van der Waals surface area contributed by atoms with E-state index in [2.05, 4.69) is 5.32 Å². The Labute approximate surface area is 120 Å². The molecular formula is C14H22ClN3O. The highest BCUT2D eigenvalue weighted by molar-refractivity contribution is 5.93. The van der Waals surface area contributed by atoms with E-state index in [9.17, 15) is 4.79 Å². The summed E-state index contributed by atoms with van der Waals surface area (Å²) < 4.78 is 1.91. The smallest absolute Gasteiger partial charge is 0.270 e. The molecule has 0 atom stereocenters. The second-order valence-corrected chi connectivity index (χ2v) is 5.73. The van der Waals surface area contributed by atoms with E-state index in [1.165, 1.54) is 19.3 Å². The minimum Gasteiger partial charge on any atom is -0.347 e. The molecule has 4 nitrogen and oxygen atoms in total. The summed E-state index contributed by atoms with van der Waals surface area (Å²) in [6.07, 6.45) is 5.53. The van der Waals surface area contributed by atoms with Gasteiger partial charge in [-0.1, -0.05) is 0 Å². The van der Waals surface area contributed by atoms with Gasteiger partial charge in [0, 0.05) is 26.3 Å². The number of hydrogen-bond acceptors (Lipinski definition) is 2. The third-order valence-corrected chi connectivity index (χ3v) is 4.55. The van der Waals surface area contributed by atoms with Crippen molar-refractivity contribution in [2.45, 2.75) is 19.3 Å². The van der Waals surface area contributed by atoms with E-state index < -0.39 is 0 Å². The largest absolute Gasteiger partial charge is 0.347 e. The van der Waals surface area contributed by atoms with E-state index in [1.54, 1.807) is 0 Å². The summed E-state index contributed by atoms with van der Waals surface area (Å²) in [5.74, 6) is 0.193. The molecule has 1 aromatic heterocycles. The van der Waals surface area contributed by atoms with Gasteiger partial charge in [0.25, 0.3) is 5.91 Å². The van der Waals surface area contributed by atoms with Crippen LogP contribution in [0.25, 0.3) is 0 Å². The van der Waals surface area contributed by atoms with Crippen molar-refractivity contribution in [3.05, 3.63) is 24.0 Å². The second-order valence-electron chi connectivity index (χ2n) is 5.73. The van der Waals surface area contributed by atoms with Gasteiger partial charge in [-0.05, 0) is 49.9 Å². The molecule has 2 aliphatic heterocycles. The van der Waals surface area contributed by atoms with E-state index in [4.69, 9.17) is 0 Å². The van der Waals surface area contributed by atoms with Crippen LogP contribution in [0.1, 0.15) is 29.8 Å². The Balaban J connectivity index is 0.00000133. The summed E-state index contributed by atoms with van der Waals surface area (Å²) in [7, 11) is 1.93. The number of aryl methyl sites for hydroxylation is 1. The Kier molecular flexibility index (Phi) is 4.21. The molecule has 1 N–H and O–H groups in total. The van der Waals surface area contributed by atoms with E-state index in [1.807, 2.05) is 34.8 Å². The highest BCUT2D eigenvalue weighted by Gasteiger charge is 2.40. The van der Waals surface area contributed by atoms with Gasteiger partial charge < -0.3 is 14.8 Å². The normalized spacial score (nSPS) is 21.4. The molecular weight excluding hydrogens is 262 g/mol. The van der Waals surface area contributed by atoms with Gasteiger partial charge in [0.15, 0.2) is 0 Å². The maximum atomic E-state index is 12.4. The molecule has 3 heterocycles. The summed E-state index contributed by atoms with van der Waals surface area (Å²) in [6, 6.07) is 3.85. The summed E-state index contributed by atoms with van der Waals surface area (Å²) >= 11 is 0. The molecule has 0 aromatic carbocycles. The van der Waals surface area contributed by atoms with Crippen LogP contribution in [0.4, 0.5) is 0 Å². The molecule has 19 heavy (non-hydrogen) atoms. The minimum atomic E-state index is 0. The molecule has 1 spiro atoms. The van der Waals surface area contributed by atoms with Crippen molar-refractivity contribution >= 4 is 18.3 Å². The highest BCUT2D eigenvalue weighted by Crippen LogP contribution is 2.38. The predicted molar refractivity (Wildman–Crippen MR) is 77.7 cm³/mol. The molecule has 3 rings (SSSR count). The van der Waals surface area contributed by atoms with Gasteiger partial charge in [0.2, 0.25) is 0 Å². The first-order valence-corrected chi connectivity index (χ1v) is 6.82. The van der Waals surface area contributed by atoms with Gasteiger partial charge in [0.05, 0.1) is 0 Å². The van der Waals surface area contributed by atoms with E-state index >= 15 is 0 Å². The number of piperidine rings is 1. The van der Waals surface area contributed by atoms with E-state index in [0.717, 1.165) is 31.9 Å². The number of nitrogens with zero attached hydrogens (tertiary/aromatic N) is 2. The fraction of sp³-hybridized carbons (Fsp3) is 0.643. The lowest BCUT2D eigenvalue weighted by atomic mass is 9.78. The standard InChI is InChI=1S/C14H21N3O.ClH/c1-16-9-2-3-12(16)13(18)17-10-6-14(11-17)4-7-15-8-5-14;/h2-3,9,15H,4-8,10-11H2,1H3;1H. The zero-order valence-electron chi connectivity index (χ0n) is 11.4. The minimum absolute atomic E-state index is 0. The van der Waals surface area contributed by atoms with Gasteiger partial charge in [-0.2, -0.15) is 0 Å². The molecule has 2 saturated heterocycles. The molecule has 106 valence electrons. The predicted octanol–water partition coefficient (Wildman–Crippen LogP) is 1.66. The molecule has 2 fully saturated rings. The lowest BCUT2D eigenvalue weighted by Gasteiger charge is -2.33. The zero-order valence-corrected chi connectivity index (χ0v) is 12.2. The number of nitrogens with one attached hydrogen (secondary N) is 1. The van der Waals surface area contributed by atoms with E-state index in [-0.39, 0.29) is 18.3 Å². The fourth-order valence-corrected chi connectivity index (χ4v) is 3.32. The van der Waals surface area contributed by atoms with Gasteiger partial charge in [0.1, 0.15) is 5.69 Å². The van der Waals surface area contributed by atoms with Gasteiger partial charge in [-0.3, -0.25) is 4.79 Å². The summed E-state index contributed by atoms with van der Waals surface area (Å²) in [5, 5.41) is 3.41. The average molecular weight is 284 g/mol.